The van der Waals surface area contributed by atoms with Gasteiger partial charge >= 0.3 is 0 Å². The van der Waals surface area contributed by atoms with E-state index in [0.29, 0.717) is 0 Å². The van der Waals surface area contributed by atoms with Gasteiger partial charge in [-0.2, -0.15) is 11.8 Å². The number of hydrogen-bond donors (Lipinski definition) is 1. The van der Waals surface area contributed by atoms with E-state index in [4.69, 9.17) is 0 Å². The van der Waals surface area contributed by atoms with Crippen molar-refractivity contribution in [1.82, 2.24) is 5.32 Å². The summed E-state index contributed by atoms with van der Waals surface area (Å²) in [4.78, 5) is 0. The maximum absolute atomic E-state index is 3.72. The Morgan fingerprint density at radius 2 is 2.12 bits per heavy atom. The molecule has 1 N–H and O–H groups in total. The summed E-state index contributed by atoms with van der Waals surface area (Å²) < 4.78 is 0. The van der Waals surface area contributed by atoms with Crippen LogP contribution in [0.15, 0.2) is 12.2 Å². The molecule has 2 rings (SSSR count). The highest BCUT2D eigenvalue weighted by molar-refractivity contribution is 7.98. The molecule has 0 saturated heterocycles. The van der Waals surface area contributed by atoms with Gasteiger partial charge in [0.1, 0.15) is 0 Å². The molecule has 0 aromatic heterocycles. The van der Waals surface area contributed by atoms with E-state index in [1.54, 1.807) is 0 Å². The second-order valence-corrected chi connectivity index (χ2v) is 6.19. The van der Waals surface area contributed by atoms with Gasteiger partial charge in [0.25, 0.3) is 0 Å². The molecule has 16 heavy (non-hydrogen) atoms. The third-order valence-electron chi connectivity index (χ3n) is 4.04. The van der Waals surface area contributed by atoms with E-state index in [2.05, 4.69) is 23.7 Å². The van der Waals surface area contributed by atoms with Crippen LogP contribution in [0.1, 0.15) is 38.5 Å². The van der Waals surface area contributed by atoms with E-state index in [-0.39, 0.29) is 0 Å². The Hall–Kier alpha value is 0.0500. The van der Waals surface area contributed by atoms with Crippen LogP contribution >= 0.6 is 11.8 Å². The highest BCUT2D eigenvalue weighted by Gasteiger charge is 2.40. The molecule has 1 fully saturated rings. The summed E-state index contributed by atoms with van der Waals surface area (Å²) in [6, 6.07) is 0.815. The summed E-state index contributed by atoms with van der Waals surface area (Å²) in [5.74, 6) is 3.22. The number of thioether (sulfide) groups is 1. The predicted octanol–water partition coefficient (Wildman–Crippen LogP) is 3.46. The fourth-order valence-electron chi connectivity index (χ4n) is 2.96. The SMILES string of the molecule is CSCCCCCCNC1CC2CC=CC21. The lowest BCUT2D eigenvalue weighted by Gasteiger charge is -2.40. The van der Waals surface area contributed by atoms with Crippen LogP contribution in [-0.2, 0) is 0 Å². The topological polar surface area (TPSA) is 12.0 Å². The number of hydrogen-bond acceptors (Lipinski definition) is 2. The third kappa shape index (κ3) is 3.27. The summed E-state index contributed by atoms with van der Waals surface area (Å²) in [6.45, 7) is 1.24. The highest BCUT2D eigenvalue weighted by atomic mass is 32.2. The van der Waals surface area contributed by atoms with Gasteiger partial charge in [0.2, 0.25) is 0 Å². The van der Waals surface area contributed by atoms with Crippen molar-refractivity contribution >= 4 is 11.8 Å². The van der Waals surface area contributed by atoms with Gasteiger partial charge in [-0.3, -0.25) is 0 Å². The predicted molar refractivity (Wildman–Crippen MR) is 74.0 cm³/mol. The van der Waals surface area contributed by atoms with Crippen LogP contribution in [0, 0.1) is 11.8 Å². The molecule has 1 saturated carbocycles. The number of allylic oxidation sites excluding steroid dienone is 1. The molecule has 0 aliphatic heterocycles. The van der Waals surface area contributed by atoms with E-state index < -0.39 is 0 Å². The van der Waals surface area contributed by atoms with E-state index in [1.165, 1.54) is 50.8 Å². The van der Waals surface area contributed by atoms with Gasteiger partial charge in [-0.1, -0.05) is 25.0 Å². The first-order valence-electron chi connectivity index (χ1n) is 6.81. The van der Waals surface area contributed by atoms with Crippen molar-refractivity contribution in [3.63, 3.8) is 0 Å². The summed E-state index contributed by atoms with van der Waals surface area (Å²) in [6.07, 6.45) is 15.4. The van der Waals surface area contributed by atoms with Crippen LogP contribution < -0.4 is 5.32 Å². The Morgan fingerprint density at radius 1 is 1.25 bits per heavy atom. The maximum atomic E-state index is 3.72. The van der Waals surface area contributed by atoms with Crippen LogP contribution in [0.25, 0.3) is 0 Å². The molecule has 0 radical (unpaired) electrons. The summed E-state index contributed by atoms with van der Waals surface area (Å²) in [5.41, 5.74) is 0. The zero-order valence-electron chi connectivity index (χ0n) is 10.5. The van der Waals surface area contributed by atoms with Gasteiger partial charge in [0.15, 0.2) is 0 Å². The second kappa shape index (κ2) is 6.70. The van der Waals surface area contributed by atoms with Crippen LogP contribution in [0.3, 0.4) is 0 Å². The first kappa shape index (κ1) is 12.5. The molecule has 0 spiro atoms. The molecule has 0 aromatic rings. The molecule has 2 aliphatic carbocycles. The highest BCUT2D eigenvalue weighted by Crippen LogP contribution is 2.42. The fourth-order valence-corrected chi connectivity index (χ4v) is 3.45. The molecule has 1 nitrogen and oxygen atoms in total. The molecule has 3 unspecified atom stereocenters. The smallest absolute Gasteiger partial charge is 0.0136 e. The zero-order valence-corrected chi connectivity index (χ0v) is 11.3. The van der Waals surface area contributed by atoms with Crippen LogP contribution in [-0.4, -0.2) is 24.6 Å². The van der Waals surface area contributed by atoms with Crippen LogP contribution in [0.2, 0.25) is 0 Å². The molecule has 92 valence electrons. The lowest BCUT2D eigenvalue weighted by atomic mass is 9.71. The van der Waals surface area contributed by atoms with Crippen molar-refractivity contribution in [2.24, 2.45) is 11.8 Å². The van der Waals surface area contributed by atoms with E-state index >= 15 is 0 Å². The molecule has 0 bridgehead atoms. The minimum absolute atomic E-state index is 0.815. The van der Waals surface area contributed by atoms with Gasteiger partial charge in [0.05, 0.1) is 0 Å². The number of fused-ring (bicyclic) bond motifs is 1. The van der Waals surface area contributed by atoms with Gasteiger partial charge < -0.3 is 5.32 Å². The fraction of sp³-hybridized carbons (Fsp3) is 0.857. The molecule has 3 atom stereocenters. The largest absolute Gasteiger partial charge is 0.313 e. The van der Waals surface area contributed by atoms with E-state index in [1.807, 2.05) is 11.8 Å². The average Bonchev–Trinajstić information content (AvgIpc) is 2.64. The normalized spacial score (nSPS) is 31.4. The van der Waals surface area contributed by atoms with E-state index in [9.17, 15) is 0 Å². The van der Waals surface area contributed by atoms with E-state index in [0.717, 1.165) is 17.9 Å². The number of unbranched alkanes of at least 4 members (excludes halogenated alkanes) is 3. The van der Waals surface area contributed by atoms with Crippen molar-refractivity contribution < 1.29 is 0 Å². The Balaban J connectivity index is 1.42. The Kier molecular flexibility index (Phi) is 5.24. The van der Waals surface area contributed by atoms with Gasteiger partial charge in [-0.05, 0) is 56.1 Å². The molecular weight excluding hydrogens is 214 g/mol. The van der Waals surface area contributed by atoms with Crippen molar-refractivity contribution in [2.75, 3.05) is 18.6 Å². The Labute approximate surface area is 104 Å². The molecule has 2 heteroatoms. The second-order valence-electron chi connectivity index (χ2n) is 5.20. The quantitative estimate of drug-likeness (QED) is 0.514. The van der Waals surface area contributed by atoms with Crippen LogP contribution in [0.5, 0.6) is 0 Å². The minimum Gasteiger partial charge on any atom is -0.313 e. The van der Waals surface area contributed by atoms with Gasteiger partial charge in [-0.25, -0.2) is 0 Å². The third-order valence-corrected chi connectivity index (χ3v) is 4.74. The lowest BCUT2D eigenvalue weighted by Crippen LogP contribution is -2.48. The first-order valence-corrected chi connectivity index (χ1v) is 8.20. The number of rotatable bonds is 8. The lowest BCUT2D eigenvalue weighted by molar-refractivity contribution is 0.163. The van der Waals surface area contributed by atoms with Gasteiger partial charge in [-0.15, -0.1) is 0 Å². The maximum Gasteiger partial charge on any atom is 0.0136 e. The molecule has 0 heterocycles. The first-order chi connectivity index (χ1) is 7.92. The van der Waals surface area contributed by atoms with Crippen molar-refractivity contribution in [2.45, 2.75) is 44.6 Å². The monoisotopic (exact) mass is 239 g/mol. The summed E-state index contributed by atoms with van der Waals surface area (Å²) in [7, 11) is 0. The molecule has 0 amide bonds. The molecular formula is C14H25NS. The molecule has 0 aromatic carbocycles. The van der Waals surface area contributed by atoms with Crippen LogP contribution in [0.4, 0.5) is 0 Å². The van der Waals surface area contributed by atoms with Crippen molar-refractivity contribution in [3.05, 3.63) is 12.2 Å². The minimum atomic E-state index is 0.815. The number of nitrogens with one attached hydrogen (secondary N) is 1. The summed E-state index contributed by atoms with van der Waals surface area (Å²) in [5, 5.41) is 3.72. The Morgan fingerprint density at radius 3 is 2.94 bits per heavy atom. The zero-order chi connectivity index (χ0) is 11.2. The average molecular weight is 239 g/mol. The Bertz CT molecular complexity index is 227. The van der Waals surface area contributed by atoms with Crippen molar-refractivity contribution in [1.29, 1.82) is 0 Å². The molecule has 2 aliphatic rings. The van der Waals surface area contributed by atoms with Crippen molar-refractivity contribution in [3.8, 4) is 0 Å². The van der Waals surface area contributed by atoms with Gasteiger partial charge in [0, 0.05) is 6.04 Å². The standard InChI is InChI=1S/C14H25NS/c1-16-10-5-3-2-4-9-15-14-11-12-7-6-8-13(12)14/h6,8,12-15H,2-5,7,9-11H2,1H3. The summed E-state index contributed by atoms with van der Waals surface area (Å²) >= 11 is 1.97.